The molecule has 0 aliphatic carbocycles. The minimum absolute atomic E-state index is 0.0125. The summed E-state index contributed by atoms with van der Waals surface area (Å²) in [6.45, 7) is 17.0. The van der Waals surface area contributed by atoms with Crippen LogP contribution in [-0.4, -0.2) is 37.3 Å². The van der Waals surface area contributed by atoms with Crippen molar-refractivity contribution in [2.45, 2.75) is 157 Å². The van der Waals surface area contributed by atoms with Gasteiger partial charge in [0.1, 0.15) is 5.75 Å². The van der Waals surface area contributed by atoms with Gasteiger partial charge in [0.05, 0.1) is 37.1 Å². The van der Waals surface area contributed by atoms with Crippen LogP contribution in [-0.2, 0) is 0 Å². The summed E-state index contributed by atoms with van der Waals surface area (Å²) in [4.78, 5) is 13.9. The SMILES string of the molecule is CCCCC(C)Oc1cc(C=CC(=O)c2cccc(OC(C)CCCC)c2OC(C)CCCC)c(OC(C)CCCC)c(OC)c1. The van der Waals surface area contributed by atoms with E-state index in [2.05, 4.69) is 55.4 Å². The molecular formula is C40H62O6. The van der Waals surface area contributed by atoms with Crippen LogP contribution >= 0.6 is 0 Å². The van der Waals surface area contributed by atoms with Gasteiger partial charge in [0.2, 0.25) is 0 Å². The van der Waals surface area contributed by atoms with Gasteiger partial charge in [-0.05, 0) is 83.7 Å². The molecule has 4 unspecified atom stereocenters. The molecule has 2 aromatic carbocycles. The molecule has 0 radical (unpaired) electrons. The highest BCUT2D eigenvalue weighted by atomic mass is 16.5. The first kappa shape index (κ1) is 39.0. The van der Waals surface area contributed by atoms with Gasteiger partial charge >= 0.3 is 0 Å². The maximum absolute atomic E-state index is 13.9. The molecule has 0 saturated heterocycles. The molecule has 6 heteroatoms. The predicted octanol–water partition coefficient (Wildman–Crippen LogP) is 11.4. The van der Waals surface area contributed by atoms with E-state index >= 15 is 0 Å². The van der Waals surface area contributed by atoms with Gasteiger partial charge in [0, 0.05) is 11.6 Å². The molecule has 46 heavy (non-hydrogen) atoms. The number of unbranched alkanes of at least 4 members (excludes halogenated alkanes) is 4. The number of allylic oxidation sites excluding steroid dienone is 1. The summed E-state index contributed by atoms with van der Waals surface area (Å²) in [7, 11) is 1.64. The molecule has 0 heterocycles. The summed E-state index contributed by atoms with van der Waals surface area (Å²) in [5.41, 5.74) is 1.21. The Hall–Kier alpha value is -3.15. The Morgan fingerprint density at radius 3 is 1.67 bits per heavy atom. The van der Waals surface area contributed by atoms with E-state index in [1.165, 1.54) is 0 Å². The third kappa shape index (κ3) is 13.3. The lowest BCUT2D eigenvalue weighted by molar-refractivity contribution is 0.103. The van der Waals surface area contributed by atoms with Crippen molar-refractivity contribution in [2.24, 2.45) is 0 Å². The van der Waals surface area contributed by atoms with E-state index in [1.807, 2.05) is 30.3 Å². The van der Waals surface area contributed by atoms with Crippen LogP contribution < -0.4 is 23.7 Å². The standard InChI is InChI=1S/C40H62O6/c1-10-14-19-29(5)43-34-27-33(39(38(28-34)42-9)45-31(7)21-16-12-3)25-26-36(41)35-23-18-24-37(44-30(6)20-15-11-2)40(35)46-32(8)22-17-13-4/h18,23-32H,10-17,19-22H2,1-9H3. The Kier molecular flexibility index (Phi) is 18.3. The fourth-order valence-corrected chi connectivity index (χ4v) is 5.30. The molecule has 0 aromatic heterocycles. The Labute approximate surface area is 280 Å². The highest BCUT2D eigenvalue weighted by Gasteiger charge is 2.21. The van der Waals surface area contributed by atoms with Crippen LogP contribution in [0.2, 0.25) is 0 Å². The topological polar surface area (TPSA) is 63.2 Å². The maximum atomic E-state index is 13.9. The molecule has 2 rings (SSSR count). The molecule has 6 nitrogen and oxygen atoms in total. The maximum Gasteiger partial charge on any atom is 0.189 e. The zero-order valence-electron chi connectivity index (χ0n) is 30.3. The number of carbonyl (C=O) groups excluding carboxylic acids is 1. The van der Waals surface area contributed by atoms with E-state index in [1.54, 1.807) is 19.3 Å². The fraction of sp³-hybridized carbons (Fsp3) is 0.625. The summed E-state index contributed by atoms with van der Waals surface area (Å²) in [6, 6.07) is 9.41. The molecular weight excluding hydrogens is 576 g/mol. The number of methoxy groups -OCH3 is 1. The highest BCUT2D eigenvalue weighted by Crippen LogP contribution is 2.39. The van der Waals surface area contributed by atoms with Crippen molar-refractivity contribution in [3.05, 3.63) is 47.5 Å². The van der Waals surface area contributed by atoms with Gasteiger partial charge in [-0.3, -0.25) is 4.79 Å². The summed E-state index contributed by atoms with van der Waals surface area (Å²) in [5, 5.41) is 0. The van der Waals surface area contributed by atoms with Gasteiger partial charge in [0.15, 0.2) is 28.8 Å². The summed E-state index contributed by atoms with van der Waals surface area (Å²) in [6.07, 6.45) is 15.8. The molecule has 0 bridgehead atoms. The fourth-order valence-electron chi connectivity index (χ4n) is 5.30. The average molecular weight is 639 g/mol. The lowest BCUT2D eigenvalue weighted by atomic mass is 10.1. The molecule has 0 aliphatic rings. The van der Waals surface area contributed by atoms with Crippen LogP contribution in [0.15, 0.2) is 36.4 Å². The van der Waals surface area contributed by atoms with Gasteiger partial charge < -0.3 is 23.7 Å². The molecule has 0 amide bonds. The van der Waals surface area contributed by atoms with Crippen molar-refractivity contribution < 1.29 is 28.5 Å². The normalized spacial score (nSPS) is 14.0. The number of hydrogen-bond acceptors (Lipinski definition) is 6. The second-order valence-electron chi connectivity index (χ2n) is 12.7. The Morgan fingerprint density at radius 2 is 1.15 bits per heavy atom. The van der Waals surface area contributed by atoms with Crippen LogP contribution in [0, 0.1) is 0 Å². The van der Waals surface area contributed by atoms with Crippen molar-refractivity contribution in [3.8, 4) is 28.7 Å². The predicted molar refractivity (Wildman–Crippen MR) is 191 cm³/mol. The third-order valence-electron chi connectivity index (χ3n) is 8.10. The molecule has 2 aromatic rings. The monoisotopic (exact) mass is 638 g/mol. The van der Waals surface area contributed by atoms with Gasteiger partial charge in [0.25, 0.3) is 0 Å². The number of para-hydroxylation sites is 1. The lowest BCUT2D eigenvalue weighted by Crippen LogP contribution is -2.17. The van der Waals surface area contributed by atoms with E-state index in [-0.39, 0.29) is 30.2 Å². The zero-order valence-corrected chi connectivity index (χ0v) is 30.3. The van der Waals surface area contributed by atoms with Crippen LogP contribution in [0.25, 0.3) is 6.08 Å². The second-order valence-corrected chi connectivity index (χ2v) is 12.7. The van der Waals surface area contributed by atoms with Gasteiger partial charge in [-0.2, -0.15) is 0 Å². The van der Waals surface area contributed by atoms with E-state index in [0.717, 1.165) is 82.6 Å². The molecule has 258 valence electrons. The highest BCUT2D eigenvalue weighted by molar-refractivity contribution is 6.09. The minimum atomic E-state index is -0.170. The van der Waals surface area contributed by atoms with E-state index in [0.29, 0.717) is 34.3 Å². The Bertz CT molecular complexity index is 1190. The minimum Gasteiger partial charge on any atom is -0.493 e. The summed E-state index contributed by atoms with van der Waals surface area (Å²) in [5.74, 6) is 2.82. The summed E-state index contributed by atoms with van der Waals surface area (Å²) >= 11 is 0. The average Bonchev–Trinajstić information content (AvgIpc) is 3.04. The lowest BCUT2D eigenvalue weighted by Gasteiger charge is -2.22. The smallest absolute Gasteiger partial charge is 0.189 e. The number of carbonyl (C=O) groups is 1. The number of rotatable bonds is 24. The van der Waals surface area contributed by atoms with Crippen molar-refractivity contribution in [1.29, 1.82) is 0 Å². The number of hydrogen-bond donors (Lipinski definition) is 0. The number of ether oxygens (including phenoxy) is 5. The Morgan fingerprint density at radius 1 is 0.652 bits per heavy atom. The Balaban J connectivity index is 2.53. The molecule has 0 saturated carbocycles. The largest absolute Gasteiger partial charge is 0.493 e. The number of benzene rings is 2. The van der Waals surface area contributed by atoms with Crippen molar-refractivity contribution >= 4 is 11.9 Å². The van der Waals surface area contributed by atoms with E-state index in [9.17, 15) is 4.79 Å². The second kappa shape index (κ2) is 21.6. The molecule has 0 N–H and O–H groups in total. The van der Waals surface area contributed by atoms with Crippen molar-refractivity contribution in [3.63, 3.8) is 0 Å². The number of ketones is 1. The zero-order chi connectivity index (χ0) is 33.9. The van der Waals surface area contributed by atoms with Gasteiger partial charge in [-0.15, -0.1) is 0 Å². The molecule has 0 spiro atoms. The van der Waals surface area contributed by atoms with Gasteiger partial charge in [-0.1, -0.05) is 85.1 Å². The molecule has 4 atom stereocenters. The van der Waals surface area contributed by atoms with E-state index in [4.69, 9.17) is 23.7 Å². The van der Waals surface area contributed by atoms with Crippen LogP contribution in [0.4, 0.5) is 0 Å². The van der Waals surface area contributed by atoms with Crippen molar-refractivity contribution in [2.75, 3.05) is 7.11 Å². The first-order valence-electron chi connectivity index (χ1n) is 17.9. The quantitative estimate of drug-likeness (QED) is 0.0842. The first-order valence-corrected chi connectivity index (χ1v) is 17.9. The van der Waals surface area contributed by atoms with Gasteiger partial charge in [-0.25, -0.2) is 0 Å². The third-order valence-corrected chi connectivity index (χ3v) is 8.10. The van der Waals surface area contributed by atoms with Crippen molar-refractivity contribution in [1.82, 2.24) is 0 Å². The van der Waals surface area contributed by atoms with E-state index < -0.39 is 0 Å². The van der Waals surface area contributed by atoms with Crippen LogP contribution in [0.5, 0.6) is 28.7 Å². The summed E-state index contributed by atoms with van der Waals surface area (Å²) < 4.78 is 31.4. The van der Waals surface area contributed by atoms with Crippen LogP contribution in [0.1, 0.15) is 148 Å². The molecule has 0 aliphatic heterocycles. The molecule has 0 fully saturated rings. The van der Waals surface area contributed by atoms with Crippen LogP contribution in [0.3, 0.4) is 0 Å². The first-order chi connectivity index (χ1) is 22.2.